The number of hydrogen-bond donors (Lipinski definition) is 0. The van der Waals surface area contributed by atoms with Crippen molar-refractivity contribution >= 4 is 5.91 Å². The molecule has 0 aliphatic rings. The van der Waals surface area contributed by atoms with Gasteiger partial charge >= 0.3 is 0 Å². The number of carbonyl (C=O) groups excluding carboxylic acids is 1. The largest absolute Gasteiger partial charge is 0.467 e. The van der Waals surface area contributed by atoms with E-state index in [0.29, 0.717) is 12.3 Å². The number of carbonyl (C=O) groups is 1. The van der Waals surface area contributed by atoms with Crippen LogP contribution in [0.2, 0.25) is 0 Å². The molecule has 0 saturated heterocycles. The first-order chi connectivity index (χ1) is 11.5. The molecule has 0 radical (unpaired) electrons. The number of nitrogens with zero attached hydrogens (tertiary/aromatic N) is 4. The van der Waals surface area contributed by atoms with Crippen LogP contribution < -0.4 is 0 Å². The van der Waals surface area contributed by atoms with Crippen LogP contribution in [0.1, 0.15) is 34.8 Å². The van der Waals surface area contributed by atoms with Gasteiger partial charge in [0.15, 0.2) is 5.69 Å². The van der Waals surface area contributed by atoms with Crippen molar-refractivity contribution in [1.29, 1.82) is 0 Å². The molecular weight excluding hydrogens is 311 g/mol. The second kappa shape index (κ2) is 6.66. The third kappa shape index (κ3) is 3.34. The average molecular weight is 328 g/mol. The normalized spacial score (nSPS) is 12.1. The van der Waals surface area contributed by atoms with Crippen LogP contribution in [-0.2, 0) is 6.54 Å². The summed E-state index contributed by atoms with van der Waals surface area (Å²) in [6, 6.07) is 9.50. The molecule has 0 unspecified atom stereocenters. The maximum atomic E-state index is 12.9. The van der Waals surface area contributed by atoms with Gasteiger partial charge in [0.2, 0.25) is 0 Å². The van der Waals surface area contributed by atoms with E-state index in [2.05, 4.69) is 10.3 Å². The van der Waals surface area contributed by atoms with Gasteiger partial charge in [-0.25, -0.2) is 9.07 Å². The molecule has 124 valence electrons. The standard InChI is InChI=1S/C17H17FN4O2/c1-12(16-4-3-9-24-16)21(2)17(23)15-11-22(20-19-15)10-13-5-7-14(18)8-6-13/h3-9,11-12H,10H2,1-2H3/t12-/m1/s1. The summed E-state index contributed by atoms with van der Waals surface area (Å²) in [5.74, 6) is 0.163. The Labute approximate surface area is 138 Å². The Morgan fingerprint density at radius 3 is 2.75 bits per heavy atom. The molecule has 2 heterocycles. The summed E-state index contributed by atoms with van der Waals surface area (Å²) < 4.78 is 19.8. The molecule has 0 aliphatic heterocycles. The van der Waals surface area contributed by atoms with Crippen molar-refractivity contribution in [1.82, 2.24) is 19.9 Å². The Bertz CT molecular complexity index is 812. The van der Waals surface area contributed by atoms with E-state index in [1.807, 2.05) is 13.0 Å². The van der Waals surface area contributed by atoms with Gasteiger partial charge in [-0.15, -0.1) is 5.10 Å². The first-order valence-electron chi connectivity index (χ1n) is 7.49. The van der Waals surface area contributed by atoms with Gasteiger partial charge in [-0.3, -0.25) is 4.79 Å². The van der Waals surface area contributed by atoms with E-state index in [0.717, 1.165) is 5.56 Å². The molecule has 3 rings (SSSR count). The Morgan fingerprint density at radius 1 is 1.33 bits per heavy atom. The highest BCUT2D eigenvalue weighted by molar-refractivity contribution is 5.91. The lowest BCUT2D eigenvalue weighted by Crippen LogP contribution is -2.29. The summed E-state index contributed by atoms with van der Waals surface area (Å²) in [6.45, 7) is 2.29. The molecule has 6 nitrogen and oxygen atoms in total. The van der Waals surface area contributed by atoms with E-state index in [9.17, 15) is 9.18 Å². The molecule has 7 heteroatoms. The summed E-state index contributed by atoms with van der Waals surface area (Å²) in [5, 5.41) is 7.89. The van der Waals surface area contributed by atoms with Crippen molar-refractivity contribution in [2.45, 2.75) is 19.5 Å². The highest BCUT2D eigenvalue weighted by Gasteiger charge is 2.23. The van der Waals surface area contributed by atoms with Crippen LogP contribution in [-0.4, -0.2) is 32.8 Å². The first-order valence-corrected chi connectivity index (χ1v) is 7.49. The third-order valence-electron chi connectivity index (χ3n) is 3.87. The smallest absolute Gasteiger partial charge is 0.276 e. The topological polar surface area (TPSA) is 64.2 Å². The number of amides is 1. The summed E-state index contributed by atoms with van der Waals surface area (Å²) >= 11 is 0. The minimum Gasteiger partial charge on any atom is -0.467 e. The minimum absolute atomic E-state index is 0.213. The SMILES string of the molecule is C[C@H](c1ccco1)N(C)C(=O)c1cn(Cc2ccc(F)cc2)nn1. The van der Waals surface area contributed by atoms with Crippen molar-refractivity contribution in [3.05, 3.63) is 71.7 Å². The van der Waals surface area contributed by atoms with Crippen LogP contribution in [0.5, 0.6) is 0 Å². The molecule has 0 spiro atoms. The molecule has 0 fully saturated rings. The average Bonchev–Trinajstić information content (AvgIpc) is 3.26. The van der Waals surface area contributed by atoms with E-state index in [1.165, 1.54) is 12.1 Å². The number of halogens is 1. The number of aromatic nitrogens is 3. The monoisotopic (exact) mass is 328 g/mol. The van der Waals surface area contributed by atoms with Crippen LogP contribution in [0, 0.1) is 5.82 Å². The highest BCUT2D eigenvalue weighted by Crippen LogP contribution is 2.20. The zero-order valence-corrected chi connectivity index (χ0v) is 13.4. The van der Waals surface area contributed by atoms with E-state index in [-0.39, 0.29) is 23.5 Å². The Kier molecular flexibility index (Phi) is 4.41. The van der Waals surface area contributed by atoms with Gasteiger partial charge < -0.3 is 9.32 Å². The highest BCUT2D eigenvalue weighted by atomic mass is 19.1. The molecule has 1 aromatic carbocycles. The van der Waals surface area contributed by atoms with Gasteiger partial charge in [0.1, 0.15) is 11.6 Å². The second-order valence-corrected chi connectivity index (χ2v) is 5.54. The molecule has 2 aromatic heterocycles. The van der Waals surface area contributed by atoms with Crippen LogP contribution in [0.15, 0.2) is 53.3 Å². The van der Waals surface area contributed by atoms with Gasteiger partial charge in [0, 0.05) is 7.05 Å². The van der Waals surface area contributed by atoms with E-state index >= 15 is 0 Å². The third-order valence-corrected chi connectivity index (χ3v) is 3.87. The molecule has 3 aromatic rings. The second-order valence-electron chi connectivity index (χ2n) is 5.54. The fourth-order valence-electron chi connectivity index (χ4n) is 2.33. The van der Waals surface area contributed by atoms with E-state index < -0.39 is 0 Å². The summed E-state index contributed by atoms with van der Waals surface area (Å²) in [6.07, 6.45) is 3.15. The Balaban J connectivity index is 1.70. The summed E-state index contributed by atoms with van der Waals surface area (Å²) in [5.41, 5.74) is 1.12. The van der Waals surface area contributed by atoms with Crippen LogP contribution in [0.25, 0.3) is 0 Å². The predicted octanol–water partition coefficient (Wildman–Crippen LogP) is 2.89. The van der Waals surface area contributed by atoms with Gasteiger partial charge in [0.05, 0.1) is 25.0 Å². The van der Waals surface area contributed by atoms with Gasteiger partial charge in [-0.2, -0.15) is 0 Å². The van der Waals surface area contributed by atoms with E-state index in [1.54, 1.807) is 47.3 Å². The minimum atomic E-state index is -0.290. The van der Waals surface area contributed by atoms with Gasteiger partial charge in [-0.1, -0.05) is 17.3 Å². The number of furan rings is 1. The first kappa shape index (κ1) is 15.9. The van der Waals surface area contributed by atoms with Crippen LogP contribution >= 0.6 is 0 Å². The molecule has 0 saturated carbocycles. The molecule has 1 atom stereocenters. The number of rotatable bonds is 5. The Morgan fingerprint density at radius 2 is 2.08 bits per heavy atom. The van der Waals surface area contributed by atoms with Crippen LogP contribution in [0.4, 0.5) is 4.39 Å². The fraction of sp³-hybridized carbons (Fsp3) is 0.235. The lowest BCUT2D eigenvalue weighted by molar-refractivity contribution is 0.0720. The van der Waals surface area contributed by atoms with Crippen molar-refractivity contribution in [3.8, 4) is 0 Å². The number of benzene rings is 1. The lowest BCUT2D eigenvalue weighted by atomic mass is 10.2. The van der Waals surface area contributed by atoms with Crippen molar-refractivity contribution < 1.29 is 13.6 Å². The lowest BCUT2D eigenvalue weighted by Gasteiger charge is -2.22. The zero-order valence-electron chi connectivity index (χ0n) is 13.4. The summed E-state index contributed by atoms with van der Waals surface area (Å²) in [4.78, 5) is 14.1. The molecule has 24 heavy (non-hydrogen) atoms. The molecule has 0 N–H and O–H groups in total. The van der Waals surface area contributed by atoms with Crippen molar-refractivity contribution in [3.63, 3.8) is 0 Å². The number of hydrogen-bond acceptors (Lipinski definition) is 4. The Hall–Kier alpha value is -2.96. The van der Waals surface area contributed by atoms with Gasteiger partial charge in [-0.05, 0) is 36.8 Å². The predicted molar refractivity (Wildman–Crippen MR) is 84.7 cm³/mol. The maximum absolute atomic E-state index is 12.9. The van der Waals surface area contributed by atoms with E-state index in [4.69, 9.17) is 4.42 Å². The molecule has 0 bridgehead atoms. The molecular formula is C17H17FN4O2. The van der Waals surface area contributed by atoms with Gasteiger partial charge in [0.25, 0.3) is 5.91 Å². The van der Waals surface area contributed by atoms with Crippen molar-refractivity contribution in [2.75, 3.05) is 7.05 Å². The molecule has 1 amide bonds. The maximum Gasteiger partial charge on any atom is 0.276 e. The molecule has 0 aliphatic carbocycles. The summed E-state index contributed by atoms with van der Waals surface area (Å²) in [7, 11) is 1.69. The zero-order chi connectivity index (χ0) is 17.1. The van der Waals surface area contributed by atoms with Crippen molar-refractivity contribution in [2.24, 2.45) is 0 Å². The quantitative estimate of drug-likeness (QED) is 0.722. The fourth-order valence-corrected chi connectivity index (χ4v) is 2.33. The van der Waals surface area contributed by atoms with Crippen LogP contribution in [0.3, 0.4) is 0 Å².